The van der Waals surface area contributed by atoms with E-state index in [1.54, 1.807) is 0 Å². The smallest absolute Gasteiger partial charge is 0.430 e. The second kappa shape index (κ2) is 16.4. The molecule has 0 fully saturated rings. The minimum absolute atomic E-state index is 0.128. The van der Waals surface area contributed by atoms with Crippen LogP contribution in [0.3, 0.4) is 0 Å². The summed E-state index contributed by atoms with van der Waals surface area (Å²) < 4.78 is 53.8. The van der Waals surface area contributed by atoms with Crippen LogP contribution in [0.15, 0.2) is 72.8 Å². The van der Waals surface area contributed by atoms with Crippen molar-refractivity contribution in [3.63, 3.8) is 0 Å². The number of unbranched alkanes of at least 4 members (excludes halogenated alkanes) is 1. The Bertz CT molecular complexity index is 1410. The van der Waals surface area contributed by atoms with Crippen molar-refractivity contribution in [2.45, 2.75) is 56.3 Å². The Hall–Kier alpha value is -4.16. The van der Waals surface area contributed by atoms with Crippen LogP contribution in [-0.4, -0.2) is 79.0 Å². The number of halogens is 3. The topological polar surface area (TPSA) is 113 Å². The first-order valence-corrected chi connectivity index (χ1v) is 15.5. The Morgan fingerprint density at radius 2 is 1.72 bits per heavy atom. The minimum atomic E-state index is -5.15. The Balaban J connectivity index is 1.39. The minimum Gasteiger partial charge on any atom is -0.492 e. The fourth-order valence-electron chi connectivity index (χ4n) is 5.55. The maximum atomic E-state index is 14.4. The monoisotopic (exact) mass is 642 g/mol. The zero-order valence-corrected chi connectivity index (χ0v) is 25.9. The molecule has 0 bridgehead atoms. The number of hydrogen-bond donors (Lipinski definition) is 3. The van der Waals surface area contributed by atoms with Crippen molar-refractivity contribution in [3.8, 4) is 5.75 Å². The van der Waals surface area contributed by atoms with Crippen molar-refractivity contribution in [3.05, 3.63) is 89.6 Å². The molecule has 3 aromatic rings. The van der Waals surface area contributed by atoms with Gasteiger partial charge in [0, 0.05) is 38.0 Å². The zero-order chi connectivity index (χ0) is 33.0. The molecular formula is C34H41F3N4O5. The van der Waals surface area contributed by atoms with Crippen LogP contribution in [0.5, 0.6) is 5.75 Å². The van der Waals surface area contributed by atoms with Gasteiger partial charge in [-0.2, -0.15) is 13.2 Å². The third kappa shape index (κ3) is 8.97. The molecule has 12 heteroatoms. The van der Waals surface area contributed by atoms with E-state index in [9.17, 15) is 27.9 Å². The highest BCUT2D eigenvalue weighted by Gasteiger charge is 2.63. The standard InChI is InChI=1S/C34H41F3N4O5/c1-45-33(34(35,36)37,26-12-4-2-5-13-26)32(44)40-29(31(42)43)19-22-41(23-24-46-28-15-6-3-7-16-28)21-9-8-14-27-18-17-25-11-10-20-38-30(25)39-27/h2-7,12-13,15-18,29H,8-11,14,19-24H2,1H3,(H,38,39)(H,40,44)(H,42,43). The molecule has 9 nitrogen and oxygen atoms in total. The number of anilines is 1. The van der Waals surface area contributed by atoms with E-state index in [-0.39, 0.29) is 13.0 Å². The number of methoxy groups -OCH3 is 1. The number of fused-ring (bicyclic) bond motifs is 1. The van der Waals surface area contributed by atoms with E-state index in [1.165, 1.54) is 23.8 Å². The molecule has 0 saturated heterocycles. The number of carboxylic acids is 1. The number of alkyl halides is 3. The number of carboxylic acid groups (broad SMARTS) is 1. The lowest BCUT2D eigenvalue weighted by Gasteiger charge is -2.34. The van der Waals surface area contributed by atoms with Crippen molar-refractivity contribution >= 4 is 17.7 Å². The summed E-state index contributed by atoms with van der Waals surface area (Å²) in [6.07, 6.45) is -0.796. The summed E-state index contributed by atoms with van der Waals surface area (Å²) in [5.41, 5.74) is -1.60. The number of carbonyl (C=O) groups is 2. The molecular weight excluding hydrogens is 601 g/mol. The average molecular weight is 643 g/mol. The van der Waals surface area contributed by atoms with E-state index in [0.717, 1.165) is 69.4 Å². The number of nitrogens with zero attached hydrogens (tertiary/aromatic N) is 2. The number of hydrogen-bond acceptors (Lipinski definition) is 7. The number of aromatic nitrogens is 1. The van der Waals surface area contributed by atoms with Crippen LogP contribution < -0.4 is 15.4 Å². The van der Waals surface area contributed by atoms with Crippen molar-refractivity contribution < 1.29 is 37.3 Å². The molecule has 2 atom stereocenters. The molecule has 2 aromatic carbocycles. The number of aryl methyl sites for hydroxylation is 2. The van der Waals surface area contributed by atoms with Gasteiger partial charge < -0.3 is 25.2 Å². The summed E-state index contributed by atoms with van der Waals surface area (Å²) in [5.74, 6) is -1.40. The fraction of sp³-hybridized carbons (Fsp3) is 0.441. The fourth-order valence-corrected chi connectivity index (χ4v) is 5.55. The van der Waals surface area contributed by atoms with Crippen LogP contribution in [-0.2, 0) is 32.8 Å². The summed E-state index contributed by atoms with van der Waals surface area (Å²) in [6.45, 7) is 2.48. The van der Waals surface area contributed by atoms with Gasteiger partial charge in [-0.05, 0) is 68.8 Å². The average Bonchev–Trinajstić information content (AvgIpc) is 3.05. The van der Waals surface area contributed by atoms with Gasteiger partial charge in [0.2, 0.25) is 0 Å². The van der Waals surface area contributed by atoms with Gasteiger partial charge in [0.15, 0.2) is 0 Å². The van der Waals surface area contributed by atoms with Gasteiger partial charge in [-0.1, -0.05) is 54.6 Å². The van der Waals surface area contributed by atoms with Crippen LogP contribution in [0, 0.1) is 0 Å². The summed E-state index contributed by atoms with van der Waals surface area (Å²) in [6, 6.07) is 18.3. The van der Waals surface area contributed by atoms with Gasteiger partial charge in [-0.3, -0.25) is 9.69 Å². The third-order valence-corrected chi connectivity index (χ3v) is 8.07. The molecule has 2 heterocycles. The van der Waals surface area contributed by atoms with E-state index < -0.39 is 35.3 Å². The summed E-state index contributed by atoms with van der Waals surface area (Å²) >= 11 is 0. The maximum absolute atomic E-state index is 14.4. The van der Waals surface area contributed by atoms with E-state index in [4.69, 9.17) is 14.5 Å². The van der Waals surface area contributed by atoms with Crippen LogP contribution in [0.2, 0.25) is 0 Å². The van der Waals surface area contributed by atoms with Gasteiger partial charge in [-0.15, -0.1) is 0 Å². The van der Waals surface area contributed by atoms with Crippen LogP contribution >= 0.6 is 0 Å². The molecule has 0 radical (unpaired) electrons. The number of carbonyl (C=O) groups excluding carboxylic acids is 1. The first kappa shape index (κ1) is 34.7. The Kier molecular flexibility index (Phi) is 12.4. The van der Waals surface area contributed by atoms with Crippen molar-refractivity contribution in [1.29, 1.82) is 0 Å². The van der Waals surface area contributed by atoms with E-state index in [0.29, 0.717) is 25.4 Å². The highest BCUT2D eigenvalue weighted by atomic mass is 19.4. The molecule has 0 spiro atoms. The first-order chi connectivity index (χ1) is 22.1. The Labute approximate surface area is 267 Å². The van der Waals surface area contributed by atoms with Gasteiger partial charge in [0.1, 0.15) is 24.2 Å². The van der Waals surface area contributed by atoms with Crippen LogP contribution in [0.25, 0.3) is 0 Å². The number of amides is 1. The van der Waals surface area contributed by atoms with Gasteiger partial charge in [0.05, 0.1) is 0 Å². The normalized spacial score (nSPS) is 14.9. The largest absolute Gasteiger partial charge is 0.492 e. The second-order valence-corrected chi connectivity index (χ2v) is 11.2. The molecule has 1 amide bonds. The quantitative estimate of drug-likeness (QED) is 0.172. The number of para-hydroxylation sites is 1. The maximum Gasteiger partial charge on any atom is 0.430 e. The molecule has 4 rings (SSSR count). The summed E-state index contributed by atoms with van der Waals surface area (Å²) in [5, 5.41) is 15.4. The second-order valence-electron chi connectivity index (χ2n) is 11.2. The van der Waals surface area contributed by atoms with Gasteiger partial charge in [0.25, 0.3) is 11.5 Å². The molecule has 0 aliphatic carbocycles. The Morgan fingerprint density at radius 1 is 1.00 bits per heavy atom. The third-order valence-electron chi connectivity index (χ3n) is 8.07. The zero-order valence-electron chi connectivity index (χ0n) is 25.9. The van der Waals surface area contributed by atoms with Crippen molar-refractivity contribution in [1.82, 2.24) is 15.2 Å². The molecule has 1 aliphatic heterocycles. The molecule has 3 N–H and O–H groups in total. The number of ether oxygens (including phenoxy) is 2. The van der Waals surface area contributed by atoms with Crippen LogP contribution in [0.1, 0.15) is 42.5 Å². The molecule has 2 unspecified atom stereocenters. The molecule has 0 saturated carbocycles. The number of pyridine rings is 1. The molecule has 1 aromatic heterocycles. The van der Waals surface area contributed by atoms with Gasteiger partial charge >= 0.3 is 12.1 Å². The number of rotatable bonds is 17. The van der Waals surface area contributed by atoms with E-state index in [2.05, 4.69) is 16.7 Å². The Morgan fingerprint density at radius 3 is 2.39 bits per heavy atom. The van der Waals surface area contributed by atoms with E-state index >= 15 is 0 Å². The highest BCUT2D eigenvalue weighted by Crippen LogP contribution is 2.42. The predicted octanol–water partition coefficient (Wildman–Crippen LogP) is 5.21. The number of nitrogens with one attached hydrogen (secondary N) is 2. The molecule has 248 valence electrons. The van der Waals surface area contributed by atoms with Crippen molar-refractivity contribution in [2.24, 2.45) is 0 Å². The lowest BCUT2D eigenvalue weighted by molar-refractivity contribution is -0.266. The highest BCUT2D eigenvalue weighted by molar-refractivity contribution is 5.91. The predicted molar refractivity (Wildman–Crippen MR) is 168 cm³/mol. The number of aliphatic carboxylic acids is 1. The lowest BCUT2D eigenvalue weighted by atomic mass is 9.91. The molecule has 46 heavy (non-hydrogen) atoms. The SMILES string of the molecule is COC(C(=O)NC(CCN(CCCCc1ccc2c(n1)NCCC2)CCOc1ccccc1)C(=O)O)(c1ccccc1)C(F)(F)F. The number of benzene rings is 2. The summed E-state index contributed by atoms with van der Waals surface area (Å²) in [4.78, 5) is 32.1. The lowest BCUT2D eigenvalue weighted by Crippen LogP contribution is -2.59. The molecule has 1 aliphatic rings. The van der Waals surface area contributed by atoms with Crippen LogP contribution in [0.4, 0.5) is 19.0 Å². The van der Waals surface area contributed by atoms with E-state index in [1.807, 2.05) is 41.3 Å². The first-order valence-electron chi connectivity index (χ1n) is 15.5. The van der Waals surface area contributed by atoms with Crippen molar-refractivity contribution in [2.75, 3.05) is 45.2 Å². The summed E-state index contributed by atoms with van der Waals surface area (Å²) in [7, 11) is 0.778. The van der Waals surface area contributed by atoms with Gasteiger partial charge in [-0.25, -0.2) is 9.78 Å².